The number of carbonyl (C=O) groups excluding carboxylic acids is 3. The molecule has 0 heterocycles. The fourth-order valence-corrected chi connectivity index (χ4v) is 4.10. The highest BCUT2D eigenvalue weighted by Crippen LogP contribution is 2.43. The van der Waals surface area contributed by atoms with Gasteiger partial charge in [-0.2, -0.15) is 0 Å². The number of halogens is 1. The minimum Gasteiger partial charge on any atom is -0.467 e. The van der Waals surface area contributed by atoms with Gasteiger partial charge < -0.3 is 14.8 Å². The van der Waals surface area contributed by atoms with E-state index in [0.717, 1.165) is 18.4 Å². The molecule has 31 heavy (non-hydrogen) atoms. The maximum absolute atomic E-state index is 14.4. The fourth-order valence-electron chi connectivity index (χ4n) is 4.10. The highest BCUT2D eigenvalue weighted by atomic mass is 19.1. The van der Waals surface area contributed by atoms with Crippen molar-refractivity contribution in [2.75, 3.05) is 13.7 Å². The maximum Gasteiger partial charge on any atom is 0.328 e. The number of esters is 2. The quantitative estimate of drug-likeness (QED) is 0.655. The number of methoxy groups -OCH3 is 1. The van der Waals surface area contributed by atoms with Crippen molar-refractivity contribution in [3.05, 3.63) is 71.5 Å². The summed E-state index contributed by atoms with van der Waals surface area (Å²) < 4.78 is 24.5. The normalized spacial score (nSPS) is 15.7. The summed E-state index contributed by atoms with van der Waals surface area (Å²) in [6.45, 7) is -0.558. The predicted octanol–water partition coefficient (Wildman–Crippen LogP) is 3.08. The molecular weight excluding hydrogens is 401 g/mol. The molecule has 0 aromatic heterocycles. The van der Waals surface area contributed by atoms with Crippen LogP contribution in [0.15, 0.2) is 54.6 Å². The van der Waals surface area contributed by atoms with Gasteiger partial charge >= 0.3 is 11.9 Å². The van der Waals surface area contributed by atoms with E-state index in [1.165, 1.54) is 13.2 Å². The highest BCUT2D eigenvalue weighted by molar-refractivity contribution is 5.89. The zero-order chi connectivity index (χ0) is 22.3. The molecule has 1 amide bonds. The van der Waals surface area contributed by atoms with Crippen molar-refractivity contribution in [1.82, 2.24) is 5.32 Å². The van der Waals surface area contributed by atoms with Crippen LogP contribution in [0, 0.1) is 5.82 Å². The number of benzene rings is 2. The van der Waals surface area contributed by atoms with Crippen LogP contribution in [0.1, 0.15) is 36.8 Å². The average molecular weight is 427 g/mol. The summed E-state index contributed by atoms with van der Waals surface area (Å²) >= 11 is 0. The largest absolute Gasteiger partial charge is 0.467 e. The first-order valence-corrected chi connectivity index (χ1v) is 10.3. The molecule has 1 aliphatic rings. The molecular formula is C24H26FNO5. The van der Waals surface area contributed by atoms with Gasteiger partial charge in [-0.25, -0.2) is 9.18 Å². The number of ether oxygens (including phenoxy) is 2. The summed E-state index contributed by atoms with van der Waals surface area (Å²) in [6, 6.07) is 14.4. The summed E-state index contributed by atoms with van der Waals surface area (Å²) in [6.07, 6.45) is 2.72. The molecule has 7 heteroatoms. The van der Waals surface area contributed by atoms with Gasteiger partial charge in [-0.05, 0) is 24.5 Å². The number of rotatable bonds is 8. The van der Waals surface area contributed by atoms with E-state index in [9.17, 15) is 18.8 Å². The Labute approximate surface area is 180 Å². The average Bonchev–Trinajstić information content (AvgIpc) is 3.28. The lowest BCUT2D eigenvalue weighted by Crippen LogP contribution is -2.45. The fraction of sp³-hybridized carbons (Fsp3) is 0.375. The van der Waals surface area contributed by atoms with Gasteiger partial charge in [0.2, 0.25) is 0 Å². The second kappa shape index (κ2) is 10.2. The van der Waals surface area contributed by atoms with Crippen molar-refractivity contribution in [3.63, 3.8) is 0 Å². The van der Waals surface area contributed by atoms with Gasteiger partial charge in [-0.1, -0.05) is 61.4 Å². The molecule has 0 saturated heterocycles. The molecule has 6 nitrogen and oxygen atoms in total. The third kappa shape index (κ3) is 5.29. The minimum absolute atomic E-state index is 0.242. The number of hydrogen-bond donors (Lipinski definition) is 1. The van der Waals surface area contributed by atoms with Gasteiger partial charge in [-0.3, -0.25) is 9.59 Å². The van der Waals surface area contributed by atoms with Gasteiger partial charge in [0.25, 0.3) is 5.91 Å². The monoisotopic (exact) mass is 427 g/mol. The molecule has 1 fully saturated rings. The SMILES string of the molecule is COC(=O)C(Cc1ccccc1)NC(=O)COC(=O)C1(c2ccccc2F)CCCC1. The molecule has 1 atom stereocenters. The summed E-state index contributed by atoms with van der Waals surface area (Å²) in [5.41, 5.74) is 0.0614. The molecule has 1 N–H and O–H groups in total. The van der Waals surface area contributed by atoms with E-state index in [-0.39, 0.29) is 6.42 Å². The molecule has 164 valence electrons. The second-order valence-electron chi connectivity index (χ2n) is 7.68. The Morgan fingerprint density at radius 3 is 2.32 bits per heavy atom. The van der Waals surface area contributed by atoms with Crippen molar-refractivity contribution in [3.8, 4) is 0 Å². The van der Waals surface area contributed by atoms with Crippen molar-refractivity contribution in [1.29, 1.82) is 0 Å². The topological polar surface area (TPSA) is 81.7 Å². The van der Waals surface area contributed by atoms with Crippen molar-refractivity contribution >= 4 is 17.8 Å². The number of hydrogen-bond acceptors (Lipinski definition) is 5. The molecule has 2 aromatic rings. The smallest absolute Gasteiger partial charge is 0.328 e. The van der Waals surface area contributed by atoms with Gasteiger partial charge in [-0.15, -0.1) is 0 Å². The molecule has 1 aliphatic carbocycles. The Bertz CT molecular complexity index is 925. The van der Waals surface area contributed by atoms with Gasteiger partial charge in [0, 0.05) is 12.0 Å². The summed E-state index contributed by atoms with van der Waals surface area (Å²) in [7, 11) is 1.24. The van der Waals surface area contributed by atoms with Crippen LogP contribution in [0.3, 0.4) is 0 Å². The number of carbonyl (C=O) groups is 3. The first-order chi connectivity index (χ1) is 15.0. The van der Waals surface area contributed by atoms with E-state index < -0.39 is 41.7 Å². The van der Waals surface area contributed by atoms with Crippen LogP contribution in [-0.4, -0.2) is 37.6 Å². The molecule has 0 aliphatic heterocycles. The van der Waals surface area contributed by atoms with E-state index in [2.05, 4.69) is 5.32 Å². The van der Waals surface area contributed by atoms with Crippen molar-refractivity contribution in [2.24, 2.45) is 0 Å². The van der Waals surface area contributed by atoms with E-state index in [0.29, 0.717) is 18.4 Å². The van der Waals surface area contributed by atoms with Gasteiger partial charge in [0.05, 0.1) is 12.5 Å². The zero-order valence-corrected chi connectivity index (χ0v) is 17.4. The maximum atomic E-state index is 14.4. The molecule has 0 spiro atoms. The second-order valence-corrected chi connectivity index (χ2v) is 7.68. The van der Waals surface area contributed by atoms with Crippen LogP contribution in [0.4, 0.5) is 4.39 Å². The van der Waals surface area contributed by atoms with E-state index >= 15 is 0 Å². The first kappa shape index (κ1) is 22.5. The molecule has 3 rings (SSSR count). The van der Waals surface area contributed by atoms with Crippen LogP contribution in [0.25, 0.3) is 0 Å². The molecule has 2 aromatic carbocycles. The Morgan fingerprint density at radius 1 is 1.03 bits per heavy atom. The summed E-state index contributed by atoms with van der Waals surface area (Å²) in [5, 5.41) is 2.56. The Kier molecular flexibility index (Phi) is 7.39. The van der Waals surface area contributed by atoms with Crippen LogP contribution < -0.4 is 5.32 Å². The molecule has 0 bridgehead atoms. The lowest BCUT2D eigenvalue weighted by atomic mass is 9.78. The lowest BCUT2D eigenvalue weighted by Gasteiger charge is -2.27. The third-order valence-corrected chi connectivity index (χ3v) is 5.68. The Morgan fingerprint density at radius 2 is 1.68 bits per heavy atom. The van der Waals surface area contributed by atoms with Crippen molar-refractivity contribution in [2.45, 2.75) is 43.6 Å². The van der Waals surface area contributed by atoms with E-state index in [1.807, 2.05) is 30.3 Å². The standard InChI is InChI=1S/C24H26FNO5/c1-30-22(28)20(15-17-9-3-2-4-10-17)26-21(27)16-31-23(29)24(13-7-8-14-24)18-11-5-6-12-19(18)25/h2-6,9-12,20H,7-8,13-16H2,1H3,(H,26,27). The summed E-state index contributed by atoms with van der Waals surface area (Å²) in [5.74, 6) is -2.30. The third-order valence-electron chi connectivity index (χ3n) is 5.68. The number of amides is 1. The summed E-state index contributed by atoms with van der Waals surface area (Å²) in [4.78, 5) is 37.4. The minimum atomic E-state index is -1.09. The van der Waals surface area contributed by atoms with Crippen LogP contribution in [0.5, 0.6) is 0 Å². The lowest BCUT2D eigenvalue weighted by molar-refractivity contribution is -0.155. The Hall–Kier alpha value is -3.22. The van der Waals surface area contributed by atoms with Crippen LogP contribution in [0.2, 0.25) is 0 Å². The van der Waals surface area contributed by atoms with E-state index in [1.54, 1.807) is 18.2 Å². The van der Waals surface area contributed by atoms with E-state index in [4.69, 9.17) is 9.47 Å². The van der Waals surface area contributed by atoms with Crippen molar-refractivity contribution < 1.29 is 28.2 Å². The van der Waals surface area contributed by atoms with Gasteiger partial charge in [0.15, 0.2) is 6.61 Å². The van der Waals surface area contributed by atoms with Crippen LogP contribution >= 0.6 is 0 Å². The molecule has 1 saturated carbocycles. The Balaban J connectivity index is 1.65. The number of nitrogens with one attached hydrogen (secondary N) is 1. The predicted molar refractivity (Wildman–Crippen MR) is 112 cm³/mol. The molecule has 1 unspecified atom stereocenters. The first-order valence-electron chi connectivity index (χ1n) is 10.3. The van der Waals surface area contributed by atoms with Gasteiger partial charge in [0.1, 0.15) is 11.9 Å². The molecule has 0 radical (unpaired) electrons. The zero-order valence-electron chi connectivity index (χ0n) is 17.4. The highest BCUT2D eigenvalue weighted by Gasteiger charge is 2.46. The van der Waals surface area contributed by atoms with Crippen LogP contribution in [-0.2, 0) is 35.7 Å².